The van der Waals surface area contributed by atoms with E-state index in [1.54, 1.807) is 12.1 Å². The number of allylic oxidation sites excluding steroid dienone is 1. The molecule has 3 rings (SSSR count). The molecule has 1 aromatic carbocycles. The van der Waals surface area contributed by atoms with Crippen LogP contribution in [0.25, 0.3) is 5.57 Å². The maximum absolute atomic E-state index is 11.9. The van der Waals surface area contributed by atoms with Crippen LogP contribution in [0.5, 0.6) is 0 Å². The Labute approximate surface area is 155 Å². The Bertz CT molecular complexity index is 698. The Hall–Kier alpha value is -1.00. The van der Waals surface area contributed by atoms with Gasteiger partial charge in [-0.15, -0.1) is 0 Å². The minimum absolute atomic E-state index is 0.00310. The van der Waals surface area contributed by atoms with Crippen LogP contribution >= 0.6 is 27.5 Å². The molecule has 0 amide bonds. The van der Waals surface area contributed by atoms with Crippen LogP contribution < -0.4 is 0 Å². The molecule has 5 heteroatoms. The van der Waals surface area contributed by atoms with Gasteiger partial charge in [0.25, 0.3) is 0 Å². The van der Waals surface area contributed by atoms with Gasteiger partial charge in [-0.1, -0.05) is 30.9 Å². The van der Waals surface area contributed by atoms with Crippen molar-refractivity contribution in [2.24, 2.45) is 17.8 Å². The molecule has 0 heterocycles. The van der Waals surface area contributed by atoms with E-state index in [9.17, 15) is 15.0 Å². The minimum atomic E-state index is -1.09. The van der Waals surface area contributed by atoms with E-state index in [-0.39, 0.29) is 17.3 Å². The third-order valence-electron chi connectivity index (χ3n) is 5.68. The van der Waals surface area contributed by atoms with Crippen LogP contribution in [0.4, 0.5) is 0 Å². The van der Waals surface area contributed by atoms with Gasteiger partial charge in [-0.05, 0) is 77.2 Å². The summed E-state index contributed by atoms with van der Waals surface area (Å²) in [5.41, 5.74) is 1.29. The number of aliphatic hydroxyl groups is 1. The predicted molar refractivity (Wildman–Crippen MR) is 99.2 cm³/mol. The highest BCUT2D eigenvalue weighted by atomic mass is 79.9. The van der Waals surface area contributed by atoms with Crippen molar-refractivity contribution in [2.75, 3.05) is 0 Å². The van der Waals surface area contributed by atoms with E-state index in [1.165, 1.54) is 19.3 Å². The van der Waals surface area contributed by atoms with Crippen molar-refractivity contribution in [2.45, 2.75) is 45.4 Å². The normalized spacial score (nSPS) is 27.5. The Morgan fingerprint density at radius 2 is 1.88 bits per heavy atom. The molecule has 0 spiro atoms. The molecule has 0 bridgehead atoms. The molecule has 0 aliphatic heterocycles. The number of aryl methyl sites for hydroxylation is 1. The lowest BCUT2D eigenvalue weighted by atomic mass is 9.74. The summed E-state index contributed by atoms with van der Waals surface area (Å²) in [6, 6.07) is 3.42. The lowest BCUT2D eigenvalue weighted by Crippen LogP contribution is -2.23. The zero-order valence-corrected chi connectivity index (χ0v) is 16.0. The maximum Gasteiger partial charge on any atom is 0.339 e. The fourth-order valence-corrected chi connectivity index (χ4v) is 5.05. The van der Waals surface area contributed by atoms with Crippen molar-refractivity contribution in [1.82, 2.24) is 0 Å². The van der Waals surface area contributed by atoms with E-state index < -0.39 is 5.97 Å². The molecule has 1 aromatic rings. The van der Waals surface area contributed by atoms with Crippen molar-refractivity contribution in [3.05, 3.63) is 38.5 Å². The summed E-state index contributed by atoms with van der Waals surface area (Å²) in [5.74, 6) is 0.274. The predicted octanol–water partition coefficient (Wildman–Crippen LogP) is 5.98. The Balaban J connectivity index is 1.99. The zero-order chi connectivity index (χ0) is 17.4. The monoisotopic (exact) mass is 412 g/mol. The quantitative estimate of drug-likeness (QED) is 0.473. The second-order valence-corrected chi connectivity index (χ2v) is 8.37. The average molecular weight is 414 g/mol. The number of rotatable bonds is 3. The Kier molecular flexibility index (Phi) is 5.26. The van der Waals surface area contributed by atoms with Gasteiger partial charge in [0.15, 0.2) is 0 Å². The van der Waals surface area contributed by atoms with Gasteiger partial charge < -0.3 is 10.2 Å². The number of fused-ring (bicyclic) bond motifs is 1. The molecule has 2 aliphatic carbocycles. The minimum Gasteiger partial charge on any atom is -0.511 e. The summed E-state index contributed by atoms with van der Waals surface area (Å²) >= 11 is 9.51. The van der Waals surface area contributed by atoms with Crippen molar-refractivity contribution in [3.8, 4) is 0 Å². The lowest BCUT2D eigenvalue weighted by Gasteiger charge is -2.32. The van der Waals surface area contributed by atoms with Crippen molar-refractivity contribution in [1.29, 1.82) is 0 Å². The molecule has 3 nitrogen and oxygen atoms in total. The smallest absolute Gasteiger partial charge is 0.339 e. The molecular formula is C19H22BrClO3. The van der Waals surface area contributed by atoms with Gasteiger partial charge in [-0.25, -0.2) is 4.79 Å². The summed E-state index contributed by atoms with van der Waals surface area (Å²) in [5, 5.41) is 21.0. The first-order chi connectivity index (χ1) is 11.4. The number of carboxylic acids is 1. The number of carbonyl (C=O) groups is 1. The van der Waals surface area contributed by atoms with Crippen LogP contribution in [0.3, 0.4) is 0 Å². The number of halogens is 2. The van der Waals surface area contributed by atoms with Gasteiger partial charge >= 0.3 is 5.97 Å². The molecule has 3 atom stereocenters. The molecule has 2 N–H and O–H groups in total. The molecule has 130 valence electrons. The second-order valence-electron chi connectivity index (χ2n) is 7.11. The topological polar surface area (TPSA) is 57.5 Å². The number of carboxylic acid groups (broad SMARTS) is 1. The first kappa shape index (κ1) is 17.8. The number of hydrogen-bond acceptors (Lipinski definition) is 2. The highest BCUT2D eigenvalue weighted by Crippen LogP contribution is 2.47. The van der Waals surface area contributed by atoms with Gasteiger partial charge in [-0.3, -0.25) is 0 Å². The van der Waals surface area contributed by atoms with E-state index >= 15 is 0 Å². The largest absolute Gasteiger partial charge is 0.511 e. The molecule has 2 saturated carbocycles. The number of aliphatic carboxylic acids is 1. The fourth-order valence-electron chi connectivity index (χ4n) is 4.43. The summed E-state index contributed by atoms with van der Waals surface area (Å²) in [4.78, 5) is 11.9. The van der Waals surface area contributed by atoms with Crippen LogP contribution in [-0.2, 0) is 4.79 Å². The Morgan fingerprint density at radius 1 is 1.17 bits per heavy atom. The van der Waals surface area contributed by atoms with Crippen LogP contribution in [0.2, 0.25) is 5.02 Å². The van der Waals surface area contributed by atoms with Crippen molar-refractivity contribution >= 4 is 39.1 Å². The molecule has 0 aromatic heterocycles. The van der Waals surface area contributed by atoms with Crippen molar-refractivity contribution < 1.29 is 15.0 Å². The first-order valence-corrected chi connectivity index (χ1v) is 9.68. The van der Waals surface area contributed by atoms with Crippen LogP contribution in [0, 0.1) is 24.7 Å². The van der Waals surface area contributed by atoms with Gasteiger partial charge in [0.05, 0.1) is 5.02 Å². The van der Waals surface area contributed by atoms with E-state index in [2.05, 4.69) is 15.9 Å². The molecule has 2 fully saturated rings. The molecule has 0 radical (unpaired) electrons. The van der Waals surface area contributed by atoms with Crippen molar-refractivity contribution in [3.63, 3.8) is 0 Å². The molecule has 1 unspecified atom stereocenters. The molecule has 24 heavy (non-hydrogen) atoms. The third-order valence-corrected chi connectivity index (χ3v) is 6.88. The van der Waals surface area contributed by atoms with Crippen LogP contribution in [0.15, 0.2) is 22.4 Å². The lowest BCUT2D eigenvalue weighted by molar-refractivity contribution is -0.130. The highest BCUT2D eigenvalue weighted by molar-refractivity contribution is 9.10. The van der Waals surface area contributed by atoms with Crippen LogP contribution in [-0.4, -0.2) is 16.2 Å². The first-order valence-electron chi connectivity index (χ1n) is 8.51. The second kappa shape index (κ2) is 7.09. The fraction of sp³-hybridized carbons (Fsp3) is 0.526. The number of benzene rings is 1. The third kappa shape index (κ3) is 3.36. The summed E-state index contributed by atoms with van der Waals surface area (Å²) in [6.07, 6.45) is 6.62. The SMILES string of the molecule is Cc1cc(Br)c(Cl)cc1/C(C(=O)O)=C(\O)C1CC[C@H]2CCC[C@H]2C1. The van der Waals surface area contributed by atoms with Gasteiger partial charge in [-0.2, -0.15) is 0 Å². The number of aliphatic hydroxyl groups excluding tert-OH is 1. The van der Waals surface area contributed by atoms with E-state index in [0.717, 1.165) is 35.2 Å². The van der Waals surface area contributed by atoms with E-state index in [4.69, 9.17) is 11.6 Å². The summed E-state index contributed by atoms with van der Waals surface area (Å²) < 4.78 is 0.723. The molecule has 0 saturated heterocycles. The molecular weight excluding hydrogens is 392 g/mol. The van der Waals surface area contributed by atoms with E-state index in [0.29, 0.717) is 16.5 Å². The van der Waals surface area contributed by atoms with Gasteiger partial charge in [0, 0.05) is 10.4 Å². The van der Waals surface area contributed by atoms with Crippen LogP contribution in [0.1, 0.15) is 49.7 Å². The van der Waals surface area contributed by atoms with Gasteiger partial charge in [0.1, 0.15) is 11.3 Å². The average Bonchev–Trinajstić information content (AvgIpc) is 2.99. The number of hydrogen-bond donors (Lipinski definition) is 2. The summed E-state index contributed by atoms with van der Waals surface area (Å²) in [6.45, 7) is 1.83. The van der Waals surface area contributed by atoms with E-state index in [1.807, 2.05) is 6.92 Å². The Morgan fingerprint density at radius 3 is 2.58 bits per heavy atom. The van der Waals surface area contributed by atoms with Gasteiger partial charge in [0.2, 0.25) is 0 Å². The standard InChI is InChI=1S/C19H22BrClO3/c1-10-7-15(20)16(21)9-14(10)17(19(23)24)18(22)13-6-5-11-3-2-4-12(11)8-13/h7,9,11-13,22H,2-6,8H2,1H3,(H,23,24)/b18-17+/t11-,12+,13?/m1/s1. The molecule has 2 aliphatic rings. The highest BCUT2D eigenvalue weighted by Gasteiger charge is 2.36. The summed E-state index contributed by atoms with van der Waals surface area (Å²) in [7, 11) is 0. The zero-order valence-electron chi connectivity index (χ0n) is 13.7. The maximum atomic E-state index is 11.9.